The van der Waals surface area contributed by atoms with Crippen molar-refractivity contribution in [2.45, 2.75) is 38.1 Å². The van der Waals surface area contributed by atoms with Crippen LogP contribution in [0, 0.1) is 0 Å². The van der Waals surface area contributed by atoms with Gasteiger partial charge in [0.2, 0.25) is 0 Å². The minimum atomic E-state index is 0.275. The maximum atomic E-state index is 6.04. The average molecular weight is 258 g/mol. The zero-order valence-corrected chi connectivity index (χ0v) is 11.0. The minimum absolute atomic E-state index is 0.275. The van der Waals surface area contributed by atoms with Crippen molar-refractivity contribution < 1.29 is 0 Å². The third-order valence-corrected chi connectivity index (χ3v) is 4.27. The Morgan fingerprint density at radius 3 is 2.69 bits per heavy atom. The Balaban J connectivity index is 2.16. The molecule has 1 atom stereocenters. The van der Waals surface area contributed by atoms with Gasteiger partial charge in [0.05, 0.1) is 10.0 Å². The lowest BCUT2D eigenvalue weighted by atomic mass is 9.87. The molecule has 1 aliphatic rings. The van der Waals surface area contributed by atoms with Gasteiger partial charge in [-0.15, -0.1) is 0 Å². The van der Waals surface area contributed by atoms with Crippen molar-refractivity contribution in [3.63, 3.8) is 0 Å². The summed E-state index contributed by atoms with van der Waals surface area (Å²) in [4.78, 5) is 0. The first kappa shape index (κ1) is 12.2. The zero-order valence-electron chi connectivity index (χ0n) is 9.52. The third kappa shape index (κ3) is 2.53. The van der Waals surface area contributed by atoms with Gasteiger partial charge in [0.25, 0.3) is 0 Å². The van der Waals surface area contributed by atoms with E-state index in [4.69, 9.17) is 23.2 Å². The van der Waals surface area contributed by atoms with Crippen LogP contribution in [0.2, 0.25) is 10.0 Å². The smallest absolute Gasteiger partial charge is 0.0595 e. The fourth-order valence-electron chi connectivity index (χ4n) is 2.49. The molecule has 0 saturated carbocycles. The van der Waals surface area contributed by atoms with E-state index in [1.54, 1.807) is 0 Å². The van der Waals surface area contributed by atoms with E-state index in [2.05, 4.69) is 18.3 Å². The molecular weight excluding hydrogens is 241 g/mol. The van der Waals surface area contributed by atoms with Gasteiger partial charge in [0, 0.05) is 5.54 Å². The van der Waals surface area contributed by atoms with Crippen molar-refractivity contribution in [3.8, 4) is 0 Å². The standard InChI is InChI=1S/C13H17Cl2N/c1-2-13(6-3-7-16-13)9-10-4-5-11(14)12(15)8-10/h4-5,8,16H,2-3,6-7,9H2,1H3. The number of rotatable bonds is 3. The summed E-state index contributed by atoms with van der Waals surface area (Å²) in [5.41, 5.74) is 1.54. The van der Waals surface area contributed by atoms with Gasteiger partial charge in [-0.3, -0.25) is 0 Å². The van der Waals surface area contributed by atoms with Crippen LogP contribution >= 0.6 is 23.2 Å². The number of halogens is 2. The normalized spacial score (nSPS) is 24.9. The Kier molecular flexibility index (Phi) is 3.78. The summed E-state index contributed by atoms with van der Waals surface area (Å²) in [5.74, 6) is 0. The molecule has 0 bridgehead atoms. The van der Waals surface area contributed by atoms with Gasteiger partial charge in [-0.1, -0.05) is 36.2 Å². The molecule has 88 valence electrons. The van der Waals surface area contributed by atoms with Crippen LogP contribution in [0.25, 0.3) is 0 Å². The maximum Gasteiger partial charge on any atom is 0.0595 e. The highest BCUT2D eigenvalue weighted by Gasteiger charge is 2.31. The van der Waals surface area contributed by atoms with Gasteiger partial charge in [0.15, 0.2) is 0 Å². The summed E-state index contributed by atoms with van der Waals surface area (Å²) in [6.45, 7) is 3.38. The zero-order chi connectivity index (χ0) is 11.6. The topological polar surface area (TPSA) is 12.0 Å². The summed E-state index contributed by atoms with van der Waals surface area (Å²) < 4.78 is 0. The first-order valence-electron chi connectivity index (χ1n) is 5.84. The molecule has 16 heavy (non-hydrogen) atoms. The molecule has 1 aliphatic heterocycles. The van der Waals surface area contributed by atoms with Crippen molar-refractivity contribution in [3.05, 3.63) is 33.8 Å². The molecule has 1 aromatic carbocycles. The predicted octanol–water partition coefficient (Wildman–Crippen LogP) is 4.07. The highest BCUT2D eigenvalue weighted by molar-refractivity contribution is 6.42. The van der Waals surface area contributed by atoms with Gasteiger partial charge < -0.3 is 5.32 Å². The van der Waals surface area contributed by atoms with E-state index in [0.29, 0.717) is 10.0 Å². The quantitative estimate of drug-likeness (QED) is 0.861. The molecule has 3 heteroatoms. The molecule has 1 heterocycles. The number of hydrogen-bond donors (Lipinski definition) is 1. The Bertz CT molecular complexity index is 370. The van der Waals surface area contributed by atoms with E-state index in [1.807, 2.05) is 12.1 Å². The first-order valence-corrected chi connectivity index (χ1v) is 6.60. The lowest BCUT2D eigenvalue weighted by Gasteiger charge is -2.28. The third-order valence-electron chi connectivity index (χ3n) is 3.54. The van der Waals surface area contributed by atoms with E-state index >= 15 is 0 Å². The van der Waals surface area contributed by atoms with Crippen LogP contribution in [0.3, 0.4) is 0 Å². The summed E-state index contributed by atoms with van der Waals surface area (Å²) >= 11 is 12.0. The van der Waals surface area contributed by atoms with Crippen molar-refractivity contribution in [2.75, 3.05) is 6.54 Å². The largest absolute Gasteiger partial charge is 0.311 e. The Morgan fingerprint density at radius 2 is 2.12 bits per heavy atom. The number of hydrogen-bond acceptors (Lipinski definition) is 1. The molecule has 1 aromatic rings. The van der Waals surface area contributed by atoms with Crippen LogP contribution in [-0.4, -0.2) is 12.1 Å². The van der Waals surface area contributed by atoms with E-state index in [9.17, 15) is 0 Å². The Labute approximate surface area is 107 Å². The van der Waals surface area contributed by atoms with Crippen molar-refractivity contribution in [1.82, 2.24) is 5.32 Å². The molecule has 1 unspecified atom stereocenters. The molecule has 1 nitrogen and oxygen atoms in total. The molecule has 0 amide bonds. The Hall–Kier alpha value is -0.240. The Morgan fingerprint density at radius 1 is 1.31 bits per heavy atom. The van der Waals surface area contributed by atoms with Crippen LogP contribution < -0.4 is 5.32 Å². The summed E-state index contributed by atoms with van der Waals surface area (Å²) in [7, 11) is 0. The lowest BCUT2D eigenvalue weighted by molar-refractivity contribution is 0.360. The van der Waals surface area contributed by atoms with E-state index in [0.717, 1.165) is 19.4 Å². The van der Waals surface area contributed by atoms with Crippen LogP contribution in [0.15, 0.2) is 18.2 Å². The highest BCUT2D eigenvalue weighted by Crippen LogP contribution is 2.30. The molecular formula is C13H17Cl2N. The van der Waals surface area contributed by atoms with Crippen molar-refractivity contribution in [2.24, 2.45) is 0 Å². The van der Waals surface area contributed by atoms with E-state index < -0.39 is 0 Å². The van der Waals surface area contributed by atoms with E-state index in [-0.39, 0.29) is 5.54 Å². The lowest BCUT2D eigenvalue weighted by Crippen LogP contribution is -2.41. The van der Waals surface area contributed by atoms with Gasteiger partial charge in [0.1, 0.15) is 0 Å². The predicted molar refractivity (Wildman–Crippen MR) is 70.4 cm³/mol. The molecule has 1 N–H and O–H groups in total. The summed E-state index contributed by atoms with van der Waals surface area (Å²) in [5, 5.41) is 4.92. The molecule has 1 fully saturated rings. The second-order valence-corrected chi connectivity index (χ2v) is 5.40. The minimum Gasteiger partial charge on any atom is -0.311 e. The second kappa shape index (κ2) is 4.95. The van der Waals surface area contributed by atoms with Gasteiger partial charge >= 0.3 is 0 Å². The highest BCUT2D eigenvalue weighted by atomic mass is 35.5. The number of benzene rings is 1. The first-order chi connectivity index (χ1) is 7.65. The average Bonchev–Trinajstić information content (AvgIpc) is 2.73. The molecule has 0 spiro atoms. The van der Waals surface area contributed by atoms with E-state index in [1.165, 1.54) is 18.4 Å². The van der Waals surface area contributed by atoms with Gasteiger partial charge in [-0.25, -0.2) is 0 Å². The van der Waals surface area contributed by atoms with Crippen LogP contribution in [-0.2, 0) is 6.42 Å². The molecule has 1 saturated heterocycles. The SMILES string of the molecule is CCC1(Cc2ccc(Cl)c(Cl)c2)CCCN1. The van der Waals surface area contributed by atoms with Crippen molar-refractivity contribution in [1.29, 1.82) is 0 Å². The van der Waals surface area contributed by atoms with Crippen LogP contribution in [0.1, 0.15) is 31.7 Å². The summed E-state index contributed by atoms with van der Waals surface area (Å²) in [6, 6.07) is 5.95. The summed E-state index contributed by atoms with van der Waals surface area (Å²) in [6.07, 6.45) is 4.73. The van der Waals surface area contributed by atoms with Crippen LogP contribution in [0.5, 0.6) is 0 Å². The van der Waals surface area contributed by atoms with Gasteiger partial charge in [-0.05, 0) is 49.9 Å². The number of nitrogens with one attached hydrogen (secondary N) is 1. The fourth-order valence-corrected chi connectivity index (χ4v) is 2.81. The van der Waals surface area contributed by atoms with Crippen molar-refractivity contribution >= 4 is 23.2 Å². The second-order valence-electron chi connectivity index (χ2n) is 4.59. The molecule has 0 aliphatic carbocycles. The van der Waals surface area contributed by atoms with Crippen LogP contribution in [0.4, 0.5) is 0 Å². The molecule has 2 rings (SSSR count). The fraction of sp³-hybridized carbons (Fsp3) is 0.538. The van der Waals surface area contributed by atoms with Gasteiger partial charge in [-0.2, -0.15) is 0 Å². The molecule has 0 aromatic heterocycles. The maximum absolute atomic E-state index is 6.04. The molecule has 0 radical (unpaired) electrons. The monoisotopic (exact) mass is 257 g/mol.